The van der Waals surface area contributed by atoms with Gasteiger partial charge in [0.2, 0.25) is 0 Å². The molecule has 0 saturated heterocycles. The Morgan fingerprint density at radius 1 is 1.05 bits per heavy atom. The van der Waals surface area contributed by atoms with Crippen molar-refractivity contribution in [1.29, 1.82) is 0 Å². The van der Waals surface area contributed by atoms with Crippen LogP contribution in [0.1, 0.15) is 74.6 Å². The molecule has 10 nitrogen and oxygen atoms in total. The van der Waals surface area contributed by atoms with Crippen molar-refractivity contribution >= 4 is 29.2 Å². The highest BCUT2D eigenvalue weighted by atomic mass is 16.6. The number of aromatic nitrogens is 3. The quantitative estimate of drug-likeness (QED) is 0.255. The number of hydrogen-bond acceptors (Lipinski definition) is 6. The van der Waals surface area contributed by atoms with Crippen molar-refractivity contribution in [2.75, 3.05) is 5.32 Å². The summed E-state index contributed by atoms with van der Waals surface area (Å²) in [4.78, 5) is 42.2. The minimum Gasteiger partial charge on any atom is -0.481 e. The average Bonchev–Trinajstić information content (AvgIpc) is 3.37. The number of hydrogen-bond donors (Lipinski definition) is 3. The number of anilines is 1. The number of carboxylic acids is 1. The first-order valence-corrected chi connectivity index (χ1v) is 13.0. The Hall–Kier alpha value is -4.73. The summed E-state index contributed by atoms with van der Waals surface area (Å²) in [5.74, 6) is -1.90. The zero-order chi connectivity index (χ0) is 29.0. The summed E-state index contributed by atoms with van der Waals surface area (Å²) in [5, 5.41) is 19.9. The number of ether oxygens (including phenoxy) is 1. The standard InChI is InChI=1S/C30H33N5O5/c1-6-21(28(37)38)22-13-7-8-14-23(22)32-27(36)25-24-15-10-16-35(24)34-26(33-25)20-12-9-11-19(17-20)18(2)31-29(39)40-30(3,4)5/h7-18,21H,6H2,1-5H3,(H,31,39)(H,32,36)(H,37,38)/t18?,21-/m0/s1. The molecule has 0 bridgehead atoms. The van der Waals surface area contributed by atoms with Crippen LogP contribution in [0.2, 0.25) is 0 Å². The van der Waals surface area contributed by atoms with Gasteiger partial charge in [0.1, 0.15) is 5.60 Å². The van der Waals surface area contributed by atoms with Crippen LogP contribution in [0.3, 0.4) is 0 Å². The van der Waals surface area contributed by atoms with Crippen LogP contribution in [0.5, 0.6) is 0 Å². The van der Waals surface area contributed by atoms with Gasteiger partial charge in [0.25, 0.3) is 5.91 Å². The molecule has 208 valence electrons. The number of nitrogens with one attached hydrogen (secondary N) is 2. The van der Waals surface area contributed by atoms with Gasteiger partial charge in [-0.15, -0.1) is 5.10 Å². The molecule has 2 aromatic carbocycles. The molecule has 10 heteroatoms. The highest BCUT2D eigenvalue weighted by Crippen LogP contribution is 2.28. The lowest BCUT2D eigenvalue weighted by atomic mass is 9.95. The molecular weight excluding hydrogens is 510 g/mol. The second-order valence-electron chi connectivity index (χ2n) is 10.5. The van der Waals surface area contributed by atoms with E-state index >= 15 is 0 Å². The number of amides is 2. The number of alkyl carbamates (subject to hydrolysis) is 1. The van der Waals surface area contributed by atoms with Crippen molar-refractivity contribution in [2.24, 2.45) is 0 Å². The Bertz CT molecular complexity index is 1560. The van der Waals surface area contributed by atoms with E-state index in [4.69, 9.17) is 4.74 Å². The van der Waals surface area contributed by atoms with Gasteiger partial charge in [-0.1, -0.05) is 43.3 Å². The topological polar surface area (TPSA) is 135 Å². The first-order valence-electron chi connectivity index (χ1n) is 13.0. The number of nitrogens with zero attached hydrogens (tertiary/aromatic N) is 3. The zero-order valence-corrected chi connectivity index (χ0v) is 23.1. The Labute approximate surface area is 232 Å². The molecule has 40 heavy (non-hydrogen) atoms. The summed E-state index contributed by atoms with van der Waals surface area (Å²) in [5.41, 5.74) is 2.41. The van der Waals surface area contributed by atoms with Crippen molar-refractivity contribution in [2.45, 2.75) is 58.6 Å². The van der Waals surface area contributed by atoms with E-state index in [1.165, 1.54) is 0 Å². The van der Waals surface area contributed by atoms with E-state index in [9.17, 15) is 19.5 Å². The number of aliphatic carboxylic acids is 1. The van der Waals surface area contributed by atoms with E-state index < -0.39 is 29.5 Å². The van der Waals surface area contributed by atoms with Crippen LogP contribution in [0.25, 0.3) is 16.9 Å². The summed E-state index contributed by atoms with van der Waals surface area (Å²) in [6, 6.07) is 17.4. The van der Waals surface area contributed by atoms with E-state index in [0.29, 0.717) is 34.6 Å². The van der Waals surface area contributed by atoms with Gasteiger partial charge in [0, 0.05) is 17.4 Å². The van der Waals surface area contributed by atoms with E-state index in [2.05, 4.69) is 20.7 Å². The van der Waals surface area contributed by atoms with Crippen molar-refractivity contribution in [3.8, 4) is 11.4 Å². The van der Waals surface area contributed by atoms with Gasteiger partial charge in [-0.3, -0.25) is 9.59 Å². The van der Waals surface area contributed by atoms with E-state index in [0.717, 1.165) is 5.56 Å². The molecule has 2 aromatic heterocycles. The fourth-order valence-corrected chi connectivity index (χ4v) is 4.36. The number of para-hydroxylation sites is 1. The van der Waals surface area contributed by atoms with Gasteiger partial charge in [-0.05, 0) is 69.5 Å². The second-order valence-corrected chi connectivity index (χ2v) is 10.5. The lowest BCUT2D eigenvalue weighted by Crippen LogP contribution is -2.34. The van der Waals surface area contributed by atoms with E-state index in [1.54, 1.807) is 74.8 Å². The predicted molar refractivity (Wildman–Crippen MR) is 151 cm³/mol. The maximum absolute atomic E-state index is 13.5. The predicted octanol–water partition coefficient (Wildman–Crippen LogP) is 5.81. The largest absolute Gasteiger partial charge is 0.481 e. The molecule has 0 spiro atoms. The number of carboxylic acid groups (broad SMARTS) is 1. The third-order valence-corrected chi connectivity index (χ3v) is 6.27. The minimum atomic E-state index is -0.960. The van der Waals surface area contributed by atoms with Crippen molar-refractivity contribution in [3.05, 3.63) is 83.7 Å². The molecule has 0 aliphatic carbocycles. The smallest absolute Gasteiger partial charge is 0.408 e. The number of carbonyl (C=O) groups excluding carboxylic acids is 2. The second kappa shape index (κ2) is 11.6. The Kier molecular flexibility index (Phi) is 8.18. The molecule has 0 aliphatic rings. The fourth-order valence-electron chi connectivity index (χ4n) is 4.36. The normalized spacial score (nSPS) is 12.9. The molecule has 4 aromatic rings. The summed E-state index contributed by atoms with van der Waals surface area (Å²) in [7, 11) is 0. The summed E-state index contributed by atoms with van der Waals surface area (Å²) in [6.07, 6.45) is 1.57. The zero-order valence-electron chi connectivity index (χ0n) is 23.1. The number of fused-ring (bicyclic) bond motifs is 1. The average molecular weight is 544 g/mol. The highest BCUT2D eigenvalue weighted by molar-refractivity contribution is 6.08. The maximum Gasteiger partial charge on any atom is 0.408 e. The SMILES string of the molecule is CC[C@H](C(=O)O)c1ccccc1NC(=O)c1nc(-c2cccc(C(C)NC(=O)OC(C)(C)C)c2)nn2cccc12. The highest BCUT2D eigenvalue weighted by Gasteiger charge is 2.24. The molecule has 2 amide bonds. The first kappa shape index (κ1) is 28.3. The van der Waals surface area contributed by atoms with E-state index in [-0.39, 0.29) is 11.7 Å². The van der Waals surface area contributed by atoms with Gasteiger partial charge in [-0.25, -0.2) is 14.3 Å². The molecule has 0 radical (unpaired) electrons. The minimum absolute atomic E-state index is 0.138. The molecule has 0 fully saturated rings. The summed E-state index contributed by atoms with van der Waals surface area (Å²) < 4.78 is 6.94. The van der Waals surface area contributed by atoms with Crippen LogP contribution < -0.4 is 10.6 Å². The Balaban J connectivity index is 1.66. The third-order valence-electron chi connectivity index (χ3n) is 6.27. The molecule has 0 aliphatic heterocycles. The number of carbonyl (C=O) groups is 3. The van der Waals surface area contributed by atoms with E-state index in [1.807, 2.05) is 31.2 Å². The molecule has 2 heterocycles. The van der Waals surface area contributed by atoms with Crippen LogP contribution in [-0.4, -0.2) is 43.3 Å². The Morgan fingerprint density at radius 3 is 2.50 bits per heavy atom. The summed E-state index contributed by atoms with van der Waals surface area (Å²) >= 11 is 0. The van der Waals surface area contributed by atoms with Gasteiger partial charge in [0.15, 0.2) is 11.5 Å². The van der Waals surface area contributed by atoms with Crippen molar-refractivity contribution < 1.29 is 24.2 Å². The van der Waals surface area contributed by atoms with Gasteiger partial charge < -0.3 is 20.5 Å². The van der Waals surface area contributed by atoms with Gasteiger partial charge in [-0.2, -0.15) is 0 Å². The molecule has 2 atom stereocenters. The number of benzene rings is 2. The van der Waals surface area contributed by atoms with Crippen LogP contribution in [0.15, 0.2) is 66.9 Å². The van der Waals surface area contributed by atoms with Crippen molar-refractivity contribution in [1.82, 2.24) is 19.9 Å². The molecular formula is C30H33N5O5. The van der Waals surface area contributed by atoms with Gasteiger partial charge in [0.05, 0.1) is 17.5 Å². The Morgan fingerprint density at radius 2 is 1.80 bits per heavy atom. The third kappa shape index (κ3) is 6.45. The maximum atomic E-state index is 13.5. The summed E-state index contributed by atoms with van der Waals surface area (Å²) in [6.45, 7) is 9.03. The van der Waals surface area contributed by atoms with Crippen LogP contribution >= 0.6 is 0 Å². The van der Waals surface area contributed by atoms with Crippen LogP contribution in [0.4, 0.5) is 10.5 Å². The molecule has 1 unspecified atom stereocenters. The molecule has 3 N–H and O–H groups in total. The molecule has 4 rings (SSSR count). The monoisotopic (exact) mass is 543 g/mol. The first-order chi connectivity index (χ1) is 19.0. The van der Waals surface area contributed by atoms with Crippen molar-refractivity contribution in [3.63, 3.8) is 0 Å². The van der Waals surface area contributed by atoms with Crippen LogP contribution in [0, 0.1) is 0 Å². The number of rotatable bonds is 8. The van der Waals surface area contributed by atoms with Gasteiger partial charge >= 0.3 is 12.1 Å². The fraction of sp³-hybridized carbons (Fsp3) is 0.300. The lowest BCUT2D eigenvalue weighted by molar-refractivity contribution is -0.138. The van der Waals surface area contributed by atoms with Crippen LogP contribution in [-0.2, 0) is 9.53 Å². The molecule has 0 saturated carbocycles. The lowest BCUT2D eigenvalue weighted by Gasteiger charge is -2.22.